The number of esters is 1. The predicted molar refractivity (Wildman–Crippen MR) is 64.4 cm³/mol. The van der Waals surface area contributed by atoms with Gasteiger partial charge in [-0.3, -0.25) is 4.79 Å². The smallest absolute Gasteiger partial charge is 0.308 e. The highest BCUT2D eigenvalue weighted by atomic mass is 28.4. The van der Waals surface area contributed by atoms with E-state index in [-0.39, 0.29) is 17.1 Å². The molecule has 15 heavy (non-hydrogen) atoms. The van der Waals surface area contributed by atoms with Crippen molar-refractivity contribution in [1.29, 1.82) is 0 Å². The van der Waals surface area contributed by atoms with Crippen LogP contribution < -0.4 is 0 Å². The monoisotopic (exact) mass is 232 g/mol. The lowest BCUT2D eigenvalue weighted by Crippen LogP contribution is -2.43. The van der Waals surface area contributed by atoms with Crippen molar-refractivity contribution < 1.29 is 14.0 Å². The Hall–Kier alpha value is -0.353. The number of rotatable bonds is 4. The minimum absolute atomic E-state index is 0.0571. The molecule has 1 atom stereocenters. The first kappa shape index (κ1) is 14.6. The molecule has 3 nitrogen and oxygen atoms in total. The van der Waals surface area contributed by atoms with Crippen LogP contribution in [0, 0.1) is 0 Å². The van der Waals surface area contributed by atoms with E-state index in [1.807, 2.05) is 6.92 Å². The topological polar surface area (TPSA) is 35.5 Å². The van der Waals surface area contributed by atoms with E-state index < -0.39 is 8.32 Å². The maximum absolute atomic E-state index is 11.1. The molecule has 90 valence electrons. The zero-order valence-corrected chi connectivity index (χ0v) is 12.0. The van der Waals surface area contributed by atoms with Crippen molar-refractivity contribution in [2.24, 2.45) is 0 Å². The molecule has 0 saturated carbocycles. The Bertz CT molecular complexity index is 218. The molecule has 0 radical (unpaired) electrons. The molecule has 0 unspecified atom stereocenters. The average molecular weight is 232 g/mol. The lowest BCUT2D eigenvalue weighted by Gasteiger charge is -2.38. The molecular weight excluding hydrogens is 208 g/mol. The standard InChI is InChI=1S/C11H24O3Si/c1-9(8-10(12)13-5)14-15(6,7)11(2,3)4/h9H,8H2,1-7H3/t9-/m1/s1. The van der Waals surface area contributed by atoms with Gasteiger partial charge in [-0.25, -0.2) is 0 Å². The molecule has 0 heterocycles. The number of ether oxygens (including phenoxy) is 1. The van der Waals surface area contributed by atoms with E-state index in [1.165, 1.54) is 7.11 Å². The van der Waals surface area contributed by atoms with Crippen LogP contribution in [0.3, 0.4) is 0 Å². The van der Waals surface area contributed by atoms with Crippen molar-refractivity contribution in [3.8, 4) is 0 Å². The fraction of sp³-hybridized carbons (Fsp3) is 0.909. The van der Waals surface area contributed by atoms with Crippen LogP contribution >= 0.6 is 0 Å². The SMILES string of the molecule is COC(=O)C[C@@H](C)O[Si](C)(C)C(C)(C)C. The van der Waals surface area contributed by atoms with Gasteiger partial charge < -0.3 is 9.16 Å². The molecule has 0 rings (SSSR count). The predicted octanol–water partition coefficient (Wildman–Crippen LogP) is 2.96. The van der Waals surface area contributed by atoms with Crippen LogP contribution in [0.2, 0.25) is 18.1 Å². The van der Waals surface area contributed by atoms with Crippen LogP contribution in [0.1, 0.15) is 34.1 Å². The van der Waals surface area contributed by atoms with Crippen LogP contribution in [0.5, 0.6) is 0 Å². The van der Waals surface area contributed by atoms with Crippen molar-refractivity contribution in [2.75, 3.05) is 7.11 Å². The van der Waals surface area contributed by atoms with Gasteiger partial charge in [0, 0.05) is 0 Å². The van der Waals surface area contributed by atoms with Crippen LogP contribution in [-0.2, 0) is 14.0 Å². The van der Waals surface area contributed by atoms with Gasteiger partial charge >= 0.3 is 5.97 Å². The summed E-state index contributed by atoms with van der Waals surface area (Å²) in [4.78, 5) is 11.1. The number of carbonyl (C=O) groups excluding carboxylic acids is 1. The molecule has 0 aliphatic carbocycles. The van der Waals surface area contributed by atoms with Gasteiger partial charge in [0.05, 0.1) is 19.6 Å². The number of hydrogen-bond acceptors (Lipinski definition) is 3. The summed E-state index contributed by atoms with van der Waals surface area (Å²) in [5, 5.41) is 0.178. The highest BCUT2D eigenvalue weighted by Gasteiger charge is 2.38. The fourth-order valence-corrected chi connectivity index (χ4v) is 2.48. The first-order chi connectivity index (χ1) is 6.60. The van der Waals surface area contributed by atoms with Crippen LogP contribution in [0.25, 0.3) is 0 Å². The van der Waals surface area contributed by atoms with E-state index in [2.05, 4.69) is 38.6 Å². The van der Waals surface area contributed by atoms with E-state index in [4.69, 9.17) is 4.43 Å². The Morgan fingerprint density at radius 3 is 2.13 bits per heavy atom. The summed E-state index contributed by atoms with van der Waals surface area (Å²) < 4.78 is 10.6. The van der Waals surface area contributed by atoms with Gasteiger partial charge in [-0.05, 0) is 25.1 Å². The third-order valence-electron chi connectivity index (χ3n) is 2.98. The second kappa shape index (κ2) is 5.12. The second-order valence-electron chi connectivity index (χ2n) is 5.47. The zero-order valence-electron chi connectivity index (χ0n) is 11.0. The van der Waals surface area contributed by atoms with E-state index in [0.29, 0.717) is 6.42 Å². The minimum atomic E-state index is -1.76. The van der Waals surface area contributed by atoms with Gasteiger partial charge in [0.15, 0.2) is 8.32 Å². The Morgan fingerprint density at radius 1 is 1.33 bits per heavy atom. The van der Waals surface area contributed by atoms with Crippen LogP contribution in [0.15, 0.2) is 0 Å². The average Bonchev–Trinajstić information content (AvgIpc) is 2.00. The number of carbonyl (C=O) groups is 1. The third-order valence-corrected chi connectivity index (χ3v) is 7.59. The molecule has 0 aromatic carbocycles. The summed E-state index contributed by atoms with van der Waals surface area (Å²) in [5.74, 6) is -0.207. The molecule has 0 aromatic rings. The van der Waals surface area contributed by atoms with Crippen LogP contribution in [-0.4, -0.2) is 27.5 Å². The Kier molecular flexibility index (Phi) is 5.00. The third kappa shape index (κ3) is 4.80. The molecule has 0 aromatic heterocycles. The van der Waals surface area contributed by atoms with Crippen molar-refractivity contribution in [1.82, 2.24) is 0 Å². The molecule has 0 fully saturated rings. The molecule has 0 N–H and O–H groups in total. The first-order valence-electron chi connectivity index (χ1n) is 5.35. The van der Waals surface area contributed by atoms with E-state index in [1.54, 1.807) is 0 Å². The molecule has 4 heteroatoms. The summed E-state index contributed by atoms with van der Waals surface area (Å²) in [6.45, 7) is 12.8. The quantitative estimate of drug-likeness (QED) is 0.552. The van der Waals surface area contributed by atoms with Gasteiger partial charge in [0.25, 0.3) is 0 Å². The van der Waals surface area contributed by atoms with Crippen molar-refractivity contribution in [3.63, 3.8) is 0 Å². The summed E-state index contributed by atoms with van der Waals surface area (Å²) in [6.07, 6.45) is 0.279. The number of hydrogen-bond donors (Lipinski definition) is 0. The van der Waals surface area contributed by atoms with Crippen LogP contribution in [0.4, 0.5) is 0 Å². The van der Waals surface area contributed by atoms with Gasteiger partial charge in [-0.1, -0.05) is 20.8 Å². The highest BCUT2D eigenvalue weighted by molar-refractivity contribution is 6.74. The van der Waals surface area contributed by atoms with E-state index >= 15 is 0 Å². The summed E-state index contributed by atoms with van der Waals surface area (Å²) in [5.41, 5.74) is 0. The Morgan fingerprint density at radius 2 is 1.80 bits per heavy atom. The summed E-state index contributed by atoms with van der Waals surface area (Å²) in [6, 6.07) is 0. The first-order valence-corrected chi connectivity index (χ1v) is 8.25. The fourth-order valence-electron chi connectivity index (χ4n) is 1.04. The molecule has 0 saturated heterocycles. The summed E-state index contributed by atoms with van der Waals surface area (Å²) >= 11 is 0. The van der Waals surface area contributed by atoms with Gasteiger partial charge in [-0.2, -0.15) is 0 Å². The molecule has 0 spiro atoms. The summed E-state index contributed by atoms with van der Waals surface area (Å²) in [7, 11) is -0.351. The Labute approximate surface area is 94.3 Å². The lowest BCUT2D eigenvalue weighted by molar-refractivity contribution is -0.142. The maximum atomic E-state index is 11.1. The number of methoxy groups -OCH3 is 1. The largest absolute Gasteiger partial charge is 0.469 e. The van der Waals surface area contributed by atoms with Crippen molar-refractivity contribution in [3.05, 3.63) is 0 Å². The molecule has 0 bridgehead atoms. The van der Waals surface area contributed by atoms with E-state index in [0.717, 1.165) is 0 Å². The molecule has 0 aliphatic rings. The molecule has 0 aliphatic heterocycles. The van der Waals surface area contributed by atoms with Gasteiger partial charge in [0.1, 0.15) is 0 Å². The van der Waals surface area contributed by atoms with E-state index in [9.17, 15) is 4.79 Å². The maximum Gasteiger partial charge on any atom is 0.308 e. The Balaban J connectivity index is 4.28. The van der Waals surface area contributed by atoms with Gasteiger partial charge in [-0.15, -0.1) is 0 Å². The van der Waals surface area contributed by atoms with Crippen molar-refractivity contribution >= 4 is 14.3 Å². The normalized spacial score (nSPS) is 14.9. The molecule has 0 amide bonds. The van der Waals surface area contributed by atoms with Crippen molar-refractivity contribution in [2.45, 2.75) is 58.4 Å². The highest BCUT2D eigenvalue weighted by Crippen LogP contribution is 2.37. The zero-order chi connectivity index (χ0) is 12.3. The second-order valence-corrected chi connectivity index (χ2v) is 10.2. The molecular formula is C11H24O3Si. The lowest BCUT2D eigenvalue weighted by atomic mass is 10.2. The minimum Gasteiger partial charge on any atom is -0.469 e. The van der Waals surface area contributed by atoms with Gasteiger partial charge in [0.2, 0.25) is 0 Å².